The molecule has 0 bridgehead atoms. The molecule has 2 rings (SSSR count). The predicted octanol–water partition coefficient (Wildman–Crippen LogP) is 1.25. The molecule has 14 heteroatoms. The number of amides is 2. The number of carbonyl (C=O) groups excluding carboxylic acids is 1. The van der Waals surface area contributed by atoms with Crippen LogP contribution in [0.4, 0.5) is 10.5 Å². The minimum absolute atomic E-state index is 0.00556. The number of rotatable bonds is 12. The number of aryl methyl sites for hydroxylation is 1. The first-order valence-corrected chi connectivity index (χ1v) is 9.50. The summed E-state index contributed by atoms with van der Waals surface area (Å²) in [6.07, 6.45) is 0.284. The van der Waals surface area contributed by atoms with Gasteiger partial charge in [-0.3, -0.25) is 14.9 Å². The lowest BCUT2D eigenvalue weighted by Crippen LogP contribution is -2.51. The van der Waals surface area contributed by atoms with Crippen LogP contribution in [0, 0.1) is 10.1 Å². The Morgan fingerprint density at radius 2 is 1.58 bits per heavy atom. The van der Waals surface area contributed by atoms with Crippen LogP contribution in [0.3, 0.4) is 0 Å². The normalized spacial score (nSPS) is 12.4. The molecule has 1 aromatic carbocycles. The molecule has 0 aliphatic carbocycles. The second-order valence-corrected chi connectivity index (χ2v) is 6.80. The molecule has 0 fully saturated rings. The third-order valence-electron chi connectivity index (χ3n) is 4.43. The zero-order valence-corrected chi connectivity index (χ0v) is 17.0. The van der Waals surface area contributed by atoms with E-state index < -0.39 is 47.4 Å². The van der Waals surface area contributed by atoms with Crippen molar-refractivity contribution >= 4 is 29.6 Å². The first-order chi connectivity index (χ1) is 15.6. The highest BCUT2D eigenvalue weighted by Crippen LogP contribution is 2.22. The molecule has 14 nitrogen and oxygen atoms in total. The average Bonchev–Trinajstić information content (AvgIpc) is 3.22. The second kappa shape index (κ2) is 11.2. The van der Waals surface area contributed by atoms with Gasteiger partial charge in [-0.1, -0.05) is 0 Å². The fraction of sp³-hybridized carbons (Fsp3) is 0.316. The highest BCUT2D eigenvalue weighted by Gasteiger charge is 2.25. The summed E-state index contributed by atoms with van der Waals surface area (Å²) in [6.45, 7) is 0. The van der Waals surface area contributed by atoms with Crippen LogP contribution in [0.2, 0.25) is 0 Å². The van der Waals surface area contributed by atoms with Crippen LogP contribution >= 0.6 is 0 Å². The van der Waals surface area contributed by atoms with Gasteiger partial charge in [0.15, 0.2) is 5.89 Å². The Hall–Kier alpha value is -4.49. The molecular weight excluding hydrogens is 444 g/mol. The Bertz CT molecular complexity index is 1030. The van der Waals surface area contributed by atoms with Gasteiger partial charge in [-0.15, -0.1) is 0 Å². The summed E-state index contributed by atoms with van der Waals surface area (Å²) in [5, 5.41) is 41.9. The monoisotopic (exact) mass is 464 g/mol. The molecule has 2 aromatic rings. The Morgan fingerprint density at radius 3 is 2.09 bits per heavy atom. The summed E-state index contributed by atoms with van der Waals surface area (Å²) in [5.41, 5.74) is 0.827. The lowest BCUT2D eigenvalue weighted by atomic mass is 10.1. The second-order valence-electron chi connectivity index (χ2n) is 6.80. The average molecular weight is 464 g/mol. The van der Waals surface area contributed by atoms with Gasteiger partial charge in [-0.2, -0.15) is 0 Å². The lowest BCUT2D eigenvalue weighted by Gasteiger charge is -2.17. The lowest BCUT2D eigenvalue weighted by molar-refractivity contribution is -0.384. The van der Waals surface area contributed by atoms with E-state index in [1.807, 2.05) is 5.32 Å². The van der Waals surface area contributed by atoms with Crippen LogP contribution in [-0.4, -0.2) is 61.2 Å². The van der Waals surface area contributed by atoms with E-state index in [9.17, 15) is 34.4 Å². The number of non-ortho nitro benzene ring substituents is 1. The van der Waals surface area contributed by atoms with Crippen molar-refractivity contribution < 1.29 is 43.8 Å². The molecule has 0 saturated heterocycles. The van der Waals surface area contributed by atoms with Crippen molar-refractivity contribution in [2.24, 2.45) is 0 Å². The summed E-state index contributed by atoms with van der Waals surface area (Å²) < 4.78 is 5.28. The van der Waals surface area contributed by atoms with Crippen molar-refractivity contribution in [3.63, 3.8) is 0 Å². The van der Waals surface area contributed by atoms with E-state index in [0.29, 0.717) is 11.3 Å². The molecular formula is C19H20N4O10. The summed E-state index contributed by atoms with van der Waals surface area (Å²) in [6, 6.07) is 1.56. The van der Waals surface area contributed by atoms with Crippen LogP contribution in [0.5, 0.6) is 0 Å². The van der Waals surface area contributed by atoms with Gasteiger partial charge in [0.1, 0.15) is 24.0 Å². The van der Waals surface area contributed by atoms with Gasteiger partial charge in [0.25, 0.3) is 5.69 Å². The standard InChI is InChI=1S/C19H20N4O10/c24-16(25)8-6-13(18(28)29)22-19(30)21-12(17(26)27)5-7-15-20-14(9-33-15)10-1-3-11(4-2-10)23(31)32/h1-4,9,12-13H,5-8H2,(H,24,25)(H,26,27)(H,28,29)(H2,21,22,30)/t12-,13?/m0/s1. The van der Waals surface area contributed by atoms with Gasteiger partial charge in [0.2, 0.25) is 0 Å². The van der Waals surface area contributed by atoms with Gasteiger partial charge in [0, 0.05) is 30.5 Å². The van der Waals surface area contributed by atoms with E-state index in [2.05, 4.69) is 10.3 Å². The van der Waals surface area contributed by atoms with Crippen LogP contribution < -0.4 is 10.6 Å². The number of aromatic nitrogens is 1. The molecule has 176 valence electrons. The quantitative estimate of drug-likeness (QED) is 0.222. The smallest absolute Gasteiger partial charge is 0.326 e. The Balaban J connectivity index is 1.95. The van der Waals surface area contributed by atoms with E-state index >= 15 is 0 Å². The molecule has 1 unspecified atom stereocenters. The maximum absolute atomic E-state index is 12.0. The molecule has 2 atom stereocenters. The SMILES string of the molecule is O=C(O)CCC(NC(=O)N[C@@H](CCc1nc(-c2ccc([N+](=O)[O-])cc2)co1)C(=O)O)C(=O)O. The molecule has 5 N–H and O–H groups in total. The van der Waals surface area contributed by atoms with Crippen LogP contribution in [0.15, 0.2) is 34.9 Å². The number of carbonyl (C=O) groups is 4. The van der Waals surface area contributed by atoms with Crippen molar-refractivity contribution in [3.8, 4) is 11.3 Å². The topological polar surface area (TPSA) is 222 Å². The van der Waals surface area contributed by atoms with Crippen LogP contribution in [0.25, 0.3) is 11.3 Å². The Kier molecular flexibility index (Phi) is 8.42. The zero-order valence-electron chi connectivity index (χ0n) is 17.0. The van der Waals surface area contributed by atoms with Gasteiger partial charge in [0.05, 0.1) is 4.92 Å². The highest BCUT2D eigenvalue weighted by atomic mass is 16.6. The molecule has 0 spiro atoms. The number of hydrogen-bond acceptors (Lipinski definition) is 8. The number of urea groups is 1. The number of carboxylic acids is 3. The van der Waals surface area contributed by atoms with Gasteiger partial charge in [-0.05, 0) is 25.0 Å². The minimum atomic E-state index is -1.51. The molecule has 0 radical (unpaired) electrons. The number of oxazole rings is 1. The zero-order chi connectivity index (χ0) is 24.5. The first kappa shape index (κ1) is 24.8. The van der Waals surface area contributed by atoms with Crippen LogP contribution in [-0.2, 0) is 20.8 Å². The van der Waals surface area contributed by atoms with Crippen molar-refractivity contribution in [1.29, 1.82) is 0 Å². The minimum Gasteiger partial charge on any atom is -0.481 e. The van der Waals surface area contributed by atoms with E-state index in [4.69, 9.17) is 14.6 Å². The number of nitro groups is 1. The molecule has 0 saturated carbocycles. The molecule has 0 aliphatic heterocycles. The van der Waals surface area contributed by atoms with Crippen molar-refractivity contribution in [3.05, 3.63) is 46.5 Å². The highest BCUT2D eigenvalue weighted by molar-refractivity contribution is 5.86. The number of nitrogens with zero attached hydrogens (tertiary/aromatic N) is 2. The molecule has 0 aliphatic rings. The van der Waals surface area contributed by atoms with E-state index in [0.717, 1.165) is 0 Å². The molecule has 33 heavy (non-hydrogen) atoms. The van der Waals surface area contributed by atoms with Crippen molar-refractivity contribution in [2.75, 3.05) is 0 Å². The van der Waals surface area contributed by atoms with Crippen molar-refractivity contribution in [1.82, 2.24) is 15.6 Å². The first-order valence-electron chi connectivity index (χ1n) is 9.50. The third kappa shape index (κ3) is 7.61. The number of aliphatic carboxylic acids is 3. The van der Waals surface area contributed by atoms with E-state index in [-0.39, 0.29) is 30.8 Å². The van der Waals surface area contributed by atoms with Crippen molar-refractivity contribution in [2.45, 2.75) is 37.8 Å². The number of nitrogens with one attached hydrogen (secondary N) is 2. The summed E-state index contributed by atoms with van der Waals surface area (Å²) in [7, 11) is 0. The number of carboxylic acid groups (broad SMARTS) is 3. The van der Waals surface area contributed by atoms with Gasteiger partial charge >= 0.3 is 23.9 Å². The van der Waals surface area contributed by atoms with Gasteiger partial charge < -0.3 is 30.4 Å². The third-order valence-corrected chi connectivity index (χ3v) is 4.43. The summed E-state index contributed by atoms with van der Waals surface area (Å²) in [5.74, 6) is -3.94. The summed E-state index contributed by atoms with van der Waals surface area (Å²) >= 11 is 0. The maximum Gasteiger partial charge on any atom is 0.326 e. The molecule has 1 aromatic heterocycles. The van der Waals surface area contributed by atoms with E-state index in [1.165, 1.54) is 30.5 Å². The number of nitro benzene ring substituents is 1. The summed E-state index contributed by atoms with van der Waals surface area (Å²) in [4.78, 5) is 59.6. The predicted molar refractivity (Wildman–Crippen MR) is 108 cm³/mol. The fourth-order valence-corrected chi connectivity index (χ4v) is 2.72. The largest absolute Gasteiger partial charge is 0.481 e. The maximum atomic E-state index is 12.0. The van der Waals surface area contributed by atoms with Gasteiger partial charge in [-0.25, -0.2) is 19.4 Å². The van der Waals surface area contributed by atoms with Crippen LogP contribution in [0.1, 0.15) is 25.2 Å². The Morgan fingerprint density at radius 1 is 1.00 bits per heavy atom. The Labute approximate surface area is 185 Å². The fourth-order valence-electron chi connectivity index (χ4n) is 2.72. The number of hydrogen-bond donors (Lipinski definition) is 5. The number of benzene rings is 1. The molecule has 1 heterocycles. The van der Waals surface area contributed by atoms with E-state index in [1.54, 1.807) is 0 Å². The molecule has 2 amide bonds.